The molecule has 1 heterocycles. The third kappa shape index (κ3) is 5.35. The van der Waals surface area contributed by atoms with Crippen LogP contribution in [0.3, 0.4) is 0 Å². The van der Waals surface area contributed by atoms with E-state index in [-0.39, 0.29) is 18.0 Å². The number of hydrogen-bond acceptors (Lipinski definition) is 4. The minimum atomic E-state index is -0.124. The van der Waals surface area contributed by atoms with Crippen LogP contribution in [0.15, 0.2) is 36.5 Å². The van der Waals surface area contributed by atoms with Gasteiger partial charge in [-0.1, -0.05) is 23.4 Å². The Morgan fingerprint density at radius 1 is 1.24 bits per heavy atom. The van der Waals surface area contributed by atoms with Crippen LogP contribution in [-0.2, 0) is 17.9 Å². The fourth-order valence-corrected chi connectivity index (χ4v) is 1.72. The Hall–Kier alpha value is -2.21. The number of nitrogens with zero attached hydrogens (tertiary/aromatic N) is 3. The van der Waals surface area contributed by atoms with Gasteiger partial charge in [0.1, 0.15) is 6.54 Å². The van der Waals surface area contributed by atoms with Gasteiger partial charge in [-0.2, -0.15) is 0 Å². The predicted octanol–water partition coefficient (Wildman–Crippen LogP) is 1.80. The molecule has 1 aromatic heterocycles. The molecule has 2 aromatic rings. The molecule has 0 fully saturated rings. The number of carbonyl (C=O) groups excluding carboxylic acids is 1. The van der Waals surface area contributed by atoms with Crippen LogP contribution in [0.4, 0.5) is 5.69 Å². The highest BCUT2D eigenvalue weighted by Gasteiger charge is 2.11. The van der Waals surface area contributed by atoms with Crippen molar-refractivity contribution < 1.29 is 4.79 Å². The molecule has 0 aliphatic rings. The lowest BCUT2D eigenvalue weighted by atomic mass is 10.1. The van der Waals surface area contributed by atoms with Gasteiger partial charge in [-0.05, 0) is 32.9 Å². The number of para-hydroxylation sites is 1. The Kier molecular flexibility index (Phi) is 4.70. The number of anilines is 1. The molecule has 0 radical (unpaired) electrons. The van der Waals surface area contributed by atoms with Crippen molar-refractivity contribution in [2.45, 2.75) is 39.4 Å². The molecule has 0 spiro atoms. The third-order valence-electron chi connectivity index (χ3n) is 2.75. The minimum absolute atomic E-state index is 0.0223. The van der Waals surface area contributed by atoms with Gasteiger partial charge < -0.3 is 10.6 Å². The molecule has 0 aliphatic carbocycles. The first-order chi connectivity index (χ1) is 9.92. The minimum Gasteiger partial charge on any atom is -0.324 e. The molecule has 0 aliphatic heterocycles. The van der Waals surface area contributed by atoms with E-state index in [0.29, 0.717) is 6.54 Å². The molecule has 0 saturated carbocycles. The second-order valence-electron chi connectivity index (χ2n) is 5.93. The maximum atomic E-state index is 11.9. The van der Waals surface area contributed by atoms with E-state index in [0.717, 1.165) is 11.4 Å². The van der Waals surface area contributed by atoms with Gasteiger partial charge in [0.05, 0.1) is 11.9 Å². The molecule has 0 unspecified atom stereocenters. The first kappa shape index (κ1) is 15.2. The summed E-state index contributed by atoms with van der Waals surface area (Å²) in [7, 11) is 0. The van der Waals surface area contributed by atoms with Crippen molar-refractivity contribution in [1.82, 2.24) is 20.3 Å². The first-order valence-electron chi connectivity index (χ1n) is 6.91. The lowest BCUT2D eigenvalue weighted by molar-refractivity contribution is -0.116. The molecule has 0 saturated heterocycles. The zero-order valence-corrected chi connectivity index (χ0v) is 12.6. The van der Waals surface area contributed by atoms with Gasteiger partial charge in [-0.3, -0.25) is 4.79 Å². The Bertz CT molecular complexity index is 586. The standard InChI is InChI=1S/C15H21N5O/c1-15(2,3)16-9-13-10-20(19-18-13)11-14(21)17-12-7-5-4-6-8-12/h4-8,10,16H,9,11H2,1-3H3,(H,17,21). The molecule has 2 N–H and O–H groups in total. The van der Waals surface area contributed by atoms with Crippen LogP contribution in [0.1, 0.15) is 26.5 Å². The second kappa shape index (κ2) is 6.49. The highest BCUT2D eigenvalue weighted by molar-refractivity contribution is 5.90. The average Bonchev–Trinajstić information content (AvgIpc) is 2.84. The zero-order chi connectivity index (χ0) is 15.3. The van der Waals surface area contributed by atoms with Crippen molar-refractivity contribution >= 4 is 11.6 Å². The summed E-state index contributed by atoms with van der Waals surface area (Å²) in [5.74, 6) is -0.124. The Balaban J connectivity index is 1.86. The van der Waals surface area contributed by atoms with Crippen LogP contribution in [0.2, 0.25) is 0 Å². The van der Waals surface area contributed by atoms with Gasteiger partial charge in [-0.25, -0.2) is 4.68 Å². The molecule has 6 heteroatoms. The molecule has 1 amide bonds. The summed E-state index contributed by atoms with van der Waals surface area (Å²) in [6.07, 6.45) is 1.78. The smallest absolute Gasteiger partial charge is 0.246 e. The molecular weight excluding hydrogens is 266 g/mol. The summed E-state index contributed by atoms with van der Waals surface area (Å²) < 4.78 is 1.54. The Morgan fingerprint density at radius 2 is 1.95 bits per heavy atom. The SMILES string of the molecule is CC(C)(C)NCc1cn(CC(=O)Nc2ccccc2)nn1. The number of benzene rings is 1. The Labute approximate surface area is 124 Å². The van der Waals surface area contributed by atoms with Gasteiger partial charge in [0.15, 0.2) is 0 Å². The van der Waals surface area contributed by atoms with Gasteiger partial charge in [0.25, 0.3) is 0 Å². The molecule has 21 heavy (non-hydrogen) atoms. The summed E-state index contributed by atoms with van der Waals surface area (Å²) in [6.45, 7) is 7.04. The van der Waals surface area contributed by atoms with Crippen LogP contribution in [-0.4, -0.2) is 26.4 Å². The van der Waals surface area contributed by atoms with Gasteiger partial charge in [-0.15, -0.1) is 5.10 Å². The number of amides is 1. The van der Waals surface area contributed by atoms with E-state index in [1.807, 2.05) is 30.3 Å². The number of nitrogens with one attached hydrogen (secondary N) is 2. The molecule has 1 aromatic carbocycles. The van der Waals surface area contributed by atoms with Crippen LogP contribution >= 0.6 is 0 Å². The predicted molar refractivity (Wildman–Crippen MR) is 81.7 cm³/mol. The normalized spacial score (nSPS) is 11.4. The van der Waals surface area contributed by atoms with Crippen molar-refractivity contribution in [3.05, 3.63) is 42.2 Å². The number of rotatable bonds is 5. The summed E-state index contributed by atoms with van der Waals surface area (Å²) in [5.41, 5.74) is 1.61. The van der Waals surface area contributed by atoms with Crippen LogP contribution < -0.4 is 10.6 Å². The summed E-state index contributed by atoms with van der Waals surface area (Å²) >= 11 is 0. The Morgan fingerprint density at radius 3 is 2.62 bits per heavy atom. The van der Waals surface area contributed by atoms with E-state index < -0.39 is 0 Å². The van der Waals surface area contributed by atoms with Crippen molar-refractivity contribution in [3.63, 3.8) is 0 Å². The first-order valence-corrected chi connectivity index (χ1v) is 6.91. The van der Waals surface area contributed by atoms with Gasteiger partial charge >= 0.3 is 0 Å². The van der Waals surface area contributed by atoms with Crippen molar-refractivity contribution in [2.24, 2.45) is 0 Å². The van der Waals surface area contributed by atoms with Gasteiger partial charge in [0.2, 0.25) is 5.91 Å². The molecule has 2 rings (SSSR count). The van der Waals surface area contributed by atoms with E-state index in [4.69, 9.17) is 0 Å². The van der Waals surface area contributed by atoms with E-state index in [9.17, 15) is 4.79 Å². The van der Waals surface area contributed by atoms with E-state index in [1.165, 1.54) is 4.68 Å². The summed E-state index contributed by atoms with van der Waals surface area (Å²) in [5, 5.41) is 14.2. The van der Waals surface area contributed by atoms with E-state index in [2.05, 4.69) is 41.7 Å². The number of aromatic nitrogens is 3. The highest BCUT2D eigenvalue weighted by atomic mass is 16.2. The lowest BCUT2D eigenvalue weighted by Gasteiger charge is -2.19. The molecule has 0 bridgehead atoms. The largest absolute Gasteiger partial charge is 0.324 e. The van der Waals surface area contributed by atoms with Crippen molar-refractivity contribution in [1.29, 1.82) is 0 Å². The highest BCUT2D eigenvalue weighted by Crippen LogP contribution is 2.05. The maximum absolute atomic E-state index is 11.9. The van der Waals surface area contributed by atoms with Crippen LogP contribution in [0, 0.1) is 0 Å². The quantitative estimate of drug-likeness (QED) is 0.879. The van der Waals surface area contributed by atoms with Crippen LogP contribution in [0.5, 0.6) is 0 Å². The van der Waals surface area contributed by atoms with Crippen molar-refractivity contribution in [2.75, 3.05) is 5.32 Å². The molecule has 6 nitrogen and oxygen atoms in total. The fraction of sp³-hybridized carbons (Fsp3) is 0.400. The maximum Gasteiger partial charge on any atom is 0.246 e. The van der Waals surface area contributed by atoms with Crippen molar-refractivity contribution in [3.8, 4) is 0 Å². The fourth-order valence-electron chi connectivity index (χ4n) is 1.72. The molecular formula is C15H21N5O. The summed E-state index contributed by atoms with van der Waals surface area (Å²) in [6, 6.07) is 9.35. The average molecular weight is 287 g/mol. The molecule has 112 valence electrons. The number of carbonyl (C=O) groups is 1. The summed E-state index contributed by atoms with van der Waals surface area (Å²) in [4.78, 5) is 11.9. The van der Waals surface area contributed by atoms with Gasteiger partial charge in [0, 0.05) is 17.8 Å². The monoisotopic (exact) mass is 287 g/mol. The topological polar surface area (TPSA) is 71.8 Å². The lowest BCUT2D eigenvalue weighted by Crippen LogP contribution is -2.35. The second-order valence-corrected chi connectivity index (χ2v) is 5.93. The van der Waals surface area contributed by atoms with E-state index in [1.54, 1.807) is 6.20 Å². The zero-order valence-electron chi connectivity index (χ0n) is 12.6. The molecule has 0 atom stereocenters. The van der Waals surface area contributed by atoms with Crippen LogP contribution in [0.25, 0.3) is 0 Å². The van der Waals surface area contributed by atoms with E-state index >= 15 is 0 Å². The third-order valence-corrected chi connectivity index (χ3v) is 2.75. The number of hydrogen-bond donors (Lipinski definition) is 2.